The van der Waals surface area contributed by atoms with Crippen LogP contribution >= 0.6 is 28.1 Å². The lowest BCUT2D eigenvalue weighted by atomic mass is 10.2. The maximum atomic E-state index is 11.9. The molecule has 25 heavy (non-hydrogen) atoms. The third-order valence-corrected chi connectivity index (χ3v) is 3.63. The van der Waals surface area contributed by atoms with Crippen molar-refractivity contribution in [2.45, 2.75) is 6.54 Å². The normalized spacial score (nSPS) is 10.4. The van der Waals surface area contributed by atoms with Gasteiger partial charge in [0.2, 0.25) is 0 Å². The van der Waals surface area contributed by atoms with Gasteiger partial charge in [0.15, 0.2) is 11.7 Å². The molecule has 0 saturated carbocycles. The number of nitrogens with two attached hydrogens (primary N) is 1. The standard InChI is InChI=1S/C17H17BrN4O2S/c18-14-6-7-15(13(8-14)10-21-22-17(19)25)24-11-16(23)20-9-12-4-2-1-3-5-12/h1-8,10H,9,11H2,(H,20,23)(H3,19,22,25). The summed E-state index contributed by atoms with van der Waals surface area (Å²) in [6, 6.07) is 15.0. The average molecular weight is 421 g/mol. The summed E-state index contributed by atoms with van der Waals surface area (Å²) < 4.78 is 6.44. The van der Waals surface area contributed by atoms with E-state index in [1.165, 1.54) is 6.21 Å². The van der Waals surface area contributed by atoms with E-state index in [1.807, 2.05) is 42.5 Å². The molecule has 0 bridgehead atoms. The van der Waals surface area contributed by atoms with Gasteiger partial charge in [0, 0.05) is 16.6 Å². The van der Waals surface area contributed by atoms with Crippen LogP contribution in [0.1, 0.15) is 11.1 Å². The summed E-state index contributed by atoms with van der Waals surface area (Å²) in [5.41, 5.74) is 9.49. The zero-order valence-electron chi connectivity index (χ0n) is 13.2. The van der Waals surface area contributed by atoms with Gasteiger partial charge >= 0.3 is 0 Å². The third kappa shape index (κ3) is 6.90. The number of nitrogens with zero attached hydrogens (tertiary/aromatic N) is 1. The van der Waals surface area contributed by atoms with Crippen LogP contribution in [0.5, 0.6) is 5.75 Å². The Morgan fingerprint density at radius 2 is 2.04 bits per heavy atom. The second-order valence-corrected chi connectivity index (χ2v) is 6.32. The van der Waals surface area contributed by atoms with Crippen LogP contribution in [-0.4, -0.2) is 23.8 Å². The van der Waals surface area contributed by atoms with E-state index in [9.17, 15) is 4.79 Å². The van der Waals surface area contributed by atoms with E-state index < -0.39 is 0 Å². The molecule has 0 atom stereocenters. The van der Waals surface area contributed by atoms with Crippen LogP contribution in [0.25, 0.3) is 0 Å². The first-order valence-corrected chi connectivity index (χ1v) is 8.56. The molecule has 130 valence electrons. The number of carbonyl (C=O) groups excluding carboxylic acids is 1. The van der Waals surface area contributed by atoms with Crippen LogP contribution in [0.15, 0.2) is 58.1 Å². The van der Waals surface area contributed by atoms with Gasteiger partial charge in [-0.3, -0.25) is 10.2 Å². The topological polar surface area (TPSA) is 88.7 Å². The van der Waals surface area contributed by atoms with Gasteiger partial charge < -0.3 is 15.8 Å². The first-order valence-electron chi connectivity index (χ1n) is 7.36. The van der Waals surface area contributed by atoms with Gasteiger partial charge in [0.25, 0.3) is 5.91 Å². The largest absolute Gasteiger partial charge is 0.483 e. The Hall–Kier alpha value is -2.45. The maximum Gasteiger partial charge on any atom is 0.258 e. The van der Waals surface area contributed by atoms with Gasteiger partial charge in [0.05, 0.1) is 6.21 Å². The van der Waals surface area contributed by atoms with Crippen LogP contribution < -0.4 is 21.2 Å². The Morgan fingerprint density at radius 1 is 1.28 bits per heavy atom. The van der Waals surface area contributed by atoms with Gasteiger partial charge in [-0.1, -0.05) is 46.3 Å². The molecule has 2 aromatic carbocycles. The maximum absolute atomic E-state index is 11.9. The van der Waals surface area contributed by atoms with Crippen molar-refractivity contribution in [3.63, 3.8) is 0 Å². The van der Waals surface area contributed by atoms with Crippen molar-refractivity contribution in [1.82, 2.24) is 10.7 Å². The molecule has 0 spiro atoms. The lowest BCUT2D eigenvalue weighted by Gasteiger charge is -2.10. The number of halogens is 1. The third-order valence-electron chi connectivity index (χ3n) is 3.04. The molecule has 6 nitrogen and oxygen atoms in total. The summed E-state index contributed by atoms with van der Waals surface area (Å²) in [6.07, 6.45) is 1.52. The quantitative estimate of drug-likeness (QED) is 0.363. The lowest BCUT2D eigenvalue weighted by Crippen LogP contribution is -2.28. The fraction of sp³-hybridized carbons (Fsp3) is 0.118. The molecule has 0 radical (unpaired) electrons. The molecular weight excluding hydrogens is 404 g/mol. The minimum atomic E-state index is -0.212. The summed E-state index contributed by atoms with van der Waals surface area (Å²) in [6.45, 7) is 0.355. The Labute approximate surface area is 159 Å². The zero-order chi connectivity index (χ0) is 18.1. The highest BCUT2D eigenvalue weighted by atomic mass is 79.9. The van der Waals surface area contributed by atoms with Crippen molar-refractivity contribution in [3.8, 4) is 5.75 Å². The summed E-state index contributed by atoms with van der Waals surface area (Å²) >= 11 is 8.06. The number of nitrogens with one attached hydrogen (secondary N) is 2. The molecule has 8 heteroatoms. The van der Waals surface area contributed by atoms with Crippen LogP contribution in [0.4, 0.5) is 0 Å². The van der Waals surface area contributed by atoms with Gasteiger partial charge in [0.1, 0.15) is 5.75 Å². The Morgan fingerprint density at radius 3 is 2.76 bits per heavy atom. The molecule has 0 aliphatic rings. The van der Waals surface area contributed by atoms with E-state index >= 15 is 0 Å². The molecule has 4 N–H and O–H groups in total. The first-order chi connectivity index (χ1) is 12.0. The molecule has 0 aliphatic heterocycles. The summed E-state index contributed by atoms with van der Waals surface area (Å²) in [7, 11) is 0. The molecule has 1 amide bonds. The summed E-state index contributed by atoms with van der Waals surface area (Å²) in [4.78, 5) is 11.9. The molecule has 0 aromatic heterocycles. The number of carbonyl (C=O) groups is 1. The fourth-order valence-corrected chi connectivity index (χ4v) is 2.34. The van der Waals surface area contributed by atoms with Gasteiger partial charge in [-0.15, -0.1) is 0 Å². The molecule has 0 heterocycles. The number of thiocarbonyl (C=S) groups is 1. The fourth-order valence-electron chi connectivity index (χ4n) is 1.91. The van der Waals surface area contributed by atoms with Gasteiger partial charge in [-0.05, 0) is 36.0 Å². The number of amides is 1. The second-order valence-electron chi connectivity index (χ2n) is 4.97. The Bertz CT molecular complexity index is 768. The van der Waals surface area contributed by atoms with E-state index in [2.05, 4.69) is 44.0 Å². The van der Waals surface area contributed by atoms with Crippen LogP contribution in [0.2, 0.25) is 0 Å². The average Bonchev–Trinajstić information content (AvgIpc) is 2.60. The number of rotatable bonds is 7. The molecule has 0 fully saturated rings. The monoisotopic (exact) mass is 420 g/mol. The molecule has 0 aliphatic carbocycles. The van der Waals surface area contributed by atoms with Crippen molar-refractivity contribution in [2.75, 3.05) is 6.61 Å². The van der Waals surface area contributed by atoms with E-state index in [-0.39, 0.29) is 17.6 Å². The van der Waals surface area contributed by atoms with E-state index in [0.717, 1.165) is 10.0 Å². The van der Waals surface area contributed by atoms with Crippen molar-refractivity contribution in [2.24, 2.45) is 10.8 Å². The summed E-state index contributed by atoms with van der Waals surface area (Å²) in [5, 5.41) is 6.77. The van der Waals surface area contributed by atoms with E-state index in [1.54, 1.807) is 6.07 Å². The molecule has 2 aromatic rings. The predicted octanol–water partition coefficient (Wildman–Crippen LogP) is 2.31. The SMILES string of the molecule is NC(=S)NN=Cc1cc(Br)ccc1OCC(=O)NCc1ccccc1. The highest BCUT2D eigenvalue weighted by Crippen LogP contribution is 2.21. The highest BCUT2D eigenvalue weighted by Gasteiger charge is 2.07. The number of hydrogen-bond acceptors (Lipinski definition) is 4. The molecule has 0 saturated heterocycles. The molecule has 0 unspecified atom stereocenters. The number of hydrogen-bond donors (Lipinski definition) is 3. The lowest BCUT2D eigenvalue weighted by molar-refractivity contribution is -0.123. The minimum absolute atomic E-state index is 0.0639. The van der Waals surface area contributed by atoms with Gasteiger partial charge in [-0.2, -0.15) is 5.10 Å². The van der Waals surface area contributed by atoms with Crippen molar-refractivity contribution in [1.29, 1.82) is 0 Å². The predicted molar refractivity (Wildman–Crippen MR) is 105 cm³/mol. The van der Waals surface area contributed by atoms with Crippen molar-refractivity contribution >= 4 is 45.4 Å². The van der Waals surface area contributed by atoms with Gasteiger partial charge in [-0.25, -0.2) is 0 Å². The van der Waals surface area contributed by atoms with Crippen LogP contribution in [0, 0.1) is 0 Å². The smallest absolute Gasteiger partial charge is 0.258 e. The highest BCUT2D eigenvalue weighted by molar-refractivity contribution is 9.10. The van der Waals surface area contributed by atoms with E-state index in [0.29, 0.717) is 17.9 Å². The zero-order valence-corrected chi connectivity index (χ0v) is 15.6. The van der Waals surface area contributed by atoms with Crippen molar-refractivity contribution < 1.29 is 9.53 Å². The molecule has 2 rings (SSSR count). The number of benzene rings is 2. The Kier molecular flexibility index (Phi) is 7.36. The van der Waals surface area contributed by atoms with E-state index in [4.69, 9.17) is 10.5 Å². The molecular formula is C17H17BrN4O2S. The first kappa shape index (κ1) is 18.9. The van der Waals surface area contributed by atoms with Crippen molar-refractivity contribution in [3.05, 3.63) is 64.1 Å². The number of ether oxygens (including phenoxy) is 1. The number of hydrazone groups is 1. The van der Waals surface area contributed by atoms with Crippen LogP contribution in [-0.2, 0) is 11.3 Å². The minimum Gasteiger partial charge on any atom is -0.483 e. The summed E-state index contributed by atoms with van der Waals surface area (Å²) in [5.74, 6) is 0.308. The second kappa shape index (κ2) is 9.75. The van der Waals surface area contributed by atoms with Crippen LogP contribution in [0.3, 0.4) is 0 Å². The Balaban J connectivity index is 1.91.